The van der Waals surface area contributed by atoms with E-state index in [0.717, 1.165) is 19.4 Å². The minimum Gasteiger partial charge on any atom is -0.336 e. The Bertz CT molecular complexity index is 394. The number of pyridine rings is 1. The van der Waals surface area contributed by atoms with Crippen molar-refractivity contribution in [3.05, 3.63) is 29.0 Å². The summed E-state index contributed by atoms with van der Waals surface area (Å²) in [7, 11) is 0. The molecule has 0 aromatic carbocycles. The molecule has 1 amide bonds. The van der Waals surface area contributed by atoms with Gasteiger partial charge in [-0.1, -0.05) is 11.6 Å². The van der Waals surface area contributed by atoms with Crippen molar-refractivity contribution in [1.82, 2.24) is 9.88 Å². The zero-order chi connectivity index (χ0) is 11.5. The molecule has 1 aliphatic heterocycles. The number of rotatable bonds is 1. The number of amides is 1. The molecule has 2 heterocycles. The van der Waals surface area contributed by atoms with Crippen LogP contribution in [0.2, 0.25) is 5.02 Å². The number of hydrogen-bond donors (Lipinski definition) is 0. The number of likely N-dealkylation sites (tertiary alicyclic amines) is 1. The standard InChI is InChI=1S/C12H15ClN2O/c1-9-4-2-3-7-15(9)12(16)10-8-14-6-5-11(10)13/h5-6,8-9H,2-4,7H2,1H3. The molecule has 2 rings (SSSR count). The molecule has 1 saturated heterocycles. The predicted octanol–water partition coefficient (Wildman–Crippen LogP) is 2.75. The molecule has 0 radical (unpaired) electrons. The maximum absolute atomic E-state index is 12.2. The van der Waals surface area contributed by atoms with Crippen molar-refractivity contribution in [3.8, 4) is 0 Å². The lowest BCUT2D eigenvalue weighted by atomic mass is 10.0. The molecule has 0 spiro atoms. The fourth-order valence-electron chi connectivity index (χ4n) is 2.09. The Kier molecular flexibility index (Phi) is 3.44. The highest BCUT2D eigenvalue weighted by Crippen LogP contribution is 2.22. The first-order valence-corrected chi connectivity index (χ1v) is 5.98. The quantitative estimate of drug-likeness (QED) is 0.754. The number of piperidine rings is 1. The number of aromatic nitrogens is 1. The third kappa shape index (κ3) is 2.19. The summed E-state index contributed by atoms with van der Waals surface area (Å²) in [6.45, 7) is 2.91. The van der Waals surface area contributed by atoms with Crippen LogP contribution in [0.3, 0.4) is 0 Å². The van der Waals surface area contributed by atoms with Gasteiger partial charge in [-0.2, -0.15) is 0 Å². The van der Waals surface area contributed by atoms with Crippen LogP contribution in [-0.4, -0.2) is 28.4 Å². The van der Waals surface area contributed by atoms with E-state index in [1.165, 1.54) is 6.42 Å². The van der Waals surface area contributed by atoms with Gasteiger partial charge >= 0.3 is 0 Å². The van der Waals surface area contributed by atoms with Gasteiger partial charge in [0.25, 0.3) is 5.91 Å². The van der Waals surface area contributed by atoms with Crippen molar-refractivity contribution in [2.75, 3.05) is 6.54 Å². The fourth-order valence-corrected chi connectivity index (χ4v) is 2.28. The molecule has 1 atom stereocenters. The van der Waals surface area contributed by atoms with Crippen LogP contribution < -0.4 is 0 Å². The molecule has 1 aliphatic rings. The fraction of sp³-hybridized carbons (Fsp3) is 0.500. The summed E-state index contributed by atoms with van der Waals surface area (Å²) < 4.78 is 0. The summed E-state index contributed by atoms with van der Waals surface area (Å²) in [6, 6.07) is 1.96. The van der Waals surface area contributed by atoms with E-state index in [9.17, 15) is 4.79 Å². The van der Waals surface area contributed by atoms with E-state index in [-0.39, 0.29) is 5.91 Å². The van der Waals surface area contributed by atoms with E-state index in [1.54, 1.807) is 18.5 Å². The zero-order valence-electron chi connectivity index (χ0n) is 9.32. The van der Waals surface area contributed by atoms with Crippen molar-refractivity contribution in [1.29, 1.82) is 0 Å². The largest absolute Gasteiger partial charge is 0.336 e. The van der Waals surface area contributed by atoms with Gasteiger partial charge in [-0.05, 0) is 32.3 Å². The highest BCUT2D eigenvalue weighted by atomic mass is 35.5. The Morgan fingerprint density at radius 2 is 2.38 bits per heavy atom. The monoisotopic (exact) mass is 238 g/mol. The van der Waals surface area contributed by atoms with Crippen molar-refractivity contribution in [2.24, 2.45) is 0 Å². The van der Waals surface area contributed by atoms with E-state index >= 15 is 0 Å². The summed E-state index contributed by atoms with van der Waals surface area (Å²) in [6.07, 6.45) is 6.49. The summed E-state index contributed by atoms with van der Waals surface area (Å²) in [5.41, 5.74) is 0.512. The molecule has 3 nitrogen and oxygen atoms in total. The van der Waals surface area contributed by atoms with Crippen molar-refractivity contribution < 1.29 is 4.79 Å². The van der Waals surface area contributed by atoms with Gasteiger partial charge in [-0.3, -0.25) is 9.78 Å². The molecule has 1 aromatic rings. The van der Waals surface area contributed by atoms with E-state index in [1.807, 2.05) is 4.90 Å². The van der Waals surface area contributed by atoms with E-state index in [2.05, 4.69) is 11.9 Å². The average Bonchev–Trinajstić information content (AvgIpc) is 2.29. The van der Waals surface area contributed by atoms with Crippen LogP contribution in [0.4, 0.5) is 0 Å². The van der Waals surface area contributed by atoms with Crippen LogP contribution in [0.1, 0.15) is 36.5 Å². The predicted molar refractivity (Wildman–Crippen MR) is 63.6 cm³/mol. The lowest BCUT2D eigenvalue weighted by Gasteiger charge is -2.33. The maximum atomic E-state index is 12.2. The van der Waals surface area contributed by atoms with Crippen LogP contribution in [0, 0.1) is 0 Å². The first-order chi connectivity index (χ1) is 7.70. The van der Waals surface area contributed by atoms with Gasteiger partial charge in [-0.15, -0.1) is 0 Å². The van der Waals surface area contributed by atoms with Crippen molar-refractivity contribution in [2.45, 2.75) is 32.2 Å². The van der Waals surface area contributed by atoms with Gasteiger partial charge in [0, 0.05) is 25.0 Å². The van der Waals surface area contributed by atoms with Crippen LogP contribution in [-0.2, 0) is 0 Å². The van der Waals surface area contributed by atoms with Gasteiger partial charge in [0.1, 0.15) is 0 Å². The molecular formula is C12H15ClN2O. The first kappa shape index (κ1) is 11.4. The molecule has 0 saturated carbocycles. The van der Waals surface area contributed by atoms with Crippen molar-refractivity contribution in [3.63, 3.8) is 0 Å². The molecule has 1 aromatic heterocycles. The Hall–Kier alpha value is -1.09. The average molecular weight is 239 g/mol. The molecule has 16 heavy (non-hydrogen) atoms. The number of hydrogen-bond acceptors (Lipinski definition) is 2. The lowest BCUT2D eigenvalue weighted by molar-refractivity contribution is 0.0635. The first-order valence-electron chi connectivity index (χ1n) is 5.60. The summed E-state index contributed by atoms with van der Waals surface area (Å²) in [5.74, 6) is 0.00491. The highest BCUT2D eigenvalue weighted by molar-refractivity contribution is 6.33. The van der Waals surface area contributed by atoms with E-state index < -0.39 is 0 Å². The molecule has 0 aliphatic carbocycles. The number of nitrogens with zero attached hydrogens (tertiary/aromatic N) is 2. The molecule has 86 valence electrons. The second-order valence-corrected chi connectivity index (χ2v) is 4.61. The van der Waals surface area contributed by atoms with Crippen LogP contribution in [0.5, 0.6) is 0 Å². The van der Waals surface area contributed by atoms with Crippen molar-refractivity contribution >= 4 is 17.5 Å². The molecule has 4 heteroatoms. The minimum absolute atomic E-state index is 0.00491. The van der Waals surface area contributed by atoms with Crippen LogP contribution in [0.25, 0.3) is 0 Å². The number of carbonyl (C=O) groups excluding carboxylic acids is 1. The summed E-state index contributed by atoms with van der Waals surface area (Å²) in [5, 5.41) is 0.484. The Morgan fingerprint density at radius 1 is 1.56 bits per heavy atom. The smallest absolute Gasteiger partial charge is 0.257 e. The molecule has 1 unspecified atom stereocenters. The van der Waals surface area contributed by atoms with Gasteiger partial charge in [0.05, 0.1) is 10.6 Å². The lowest BCUT2D eigenvalue weighted by Crippen LogP contribution is -2.42. The molecule has 0 N–H and O–H groups in total. The van der Waals surface area contributed by atoms with Gasteiger partial charge in [0.15, 0.2) is 0 Å². The van der Waals surface area contributed by atoms with Crippen LogP contribution >= 0.6 is 11.6 Å². The Labute approximate surface area is 100 Å². The second-order valence-electron chi connectivity index (χ2n) is 4.20. The maximum Gasteiger partial charge on any atom is 0.257 e. The Balaban J connectivity index is 2.21. The molecule has 1 fully saturated rings. The minimum atomic E-state index is 0.00491. The third-order valence-electron chi connectivity index (χ3n) is 3.06. The highest BCUT2D eigenvalue weighted by Gasteiger charge is 2.25. The van der Waals surface area contributed by atoms with Gasteiger partial charge in [-0.25, -0.2) is 0 Å². The summed E-state index contributed by atoms with van der Waals surface area (Å²) >= 11 is 6.00. The zero-order valence-corrected chi connectivity index (χ0v) is 10.1. The van der Waals surface area contributed by atoms with E-state index in [4.69, 9.17) is 11.6 Å². The van der Waals surface area contributed by atoms with Gasteiger partial charge < -0.3 is 4.90 Å². The normalized spacial score (nSPS) is 20.9. The second kappa shape index (κ2) is 4.83. The topological polar surface area (TPSA) is 33.2 Å². The summed E-state index contributed by atoms with van der Waals surface area (Å²) in [4.78, 5) is 18.1. The third-order valence-corrected chi connectivity index (χ3v) is 3.39. The van der Waals surface area contributed by atoms with Gasteiger partial charge in [0.2, 0.25) is 0 Å². The molecule has 0 bridgehead atoms. The molecular weight excluding hydrogens is 224 g/mol. The van der Waals surface area contributed by atoms with Crippen LogP contribution in [0.15, 0.2) is 18.5 Å². The Morgan fingerprint density at radius 3 is 3.06 bits per heavy atom. The number of carbonyl (C=O) groups is 1. The number of halogens is 1. The SMILES string of the molecule is CC1CCCCN1C(=O)c1cnccc1Cl. The van der Waals surface area contributed by atoms with E-state index in [0.29, 0.717) is 16.6 Å².